The van der Waals surface area contributed by atoms with E-state index in [9.17, 15) is 9.59 Å². The summed E-state index contributed by atoms with van der Waals surface area (Å²) in [6, 6.07) is 21.6. The third kappa shape index (κ3) is 6.63. The number of carbonyl (C=O) groups excluding carboxylic acids is 1. The smallest absolute Gasteiger partial charge is 0.299 e. The normalized spacial score (nSPS) is 14.4. The topological polar surface area (TPSA) is 97.2 Å². The molecule has 3 heterocycles. The SMILES string of the molecule is CCC(Oc1ccc(C(C)(C)CC)cc1C(C)(C)CC)C(=O)Nc1ccc(-n2[nH]c(N3CCCC3)c(-n3ncc4ccccc43)c2=O)cc1. The summed E-state index contributed by atoms with van der Waals surface area (Å²) in [4.78, 5) is 29.8. The van der Waals surface area contributed by atoms with Gasteiger partial charge in [0.15, 0.2) is 17.6 Å². The fraction of sp³-hybridized carbons (Fsp3) is 0.425. The van der Waals surface area contributed by atoms with Gasteiger partial charge in [-0.3, -0.25) is 14.7 Å². The second kappa shape index (κ2) is 13.6. The summed E-state index contributed by atoms with van der Waals surface area (Å²) in [5, 5.41) is 12.0. The molecule has 0 aliphatic carbocycles. The zero-order chi connectivity index (χ0) is 34.9. The van der Waals surface area contributed by atoms with Crippen molar-refractivity contribution in [2.75, 3.05) is 23.3 Å². The van der Waals surface area contributed by atoms with Crippen LogP contribution in [-0.4, -0.2) is 44.7 Å². The molecule has 0 bridgehead atoms. The van der Waals surface area contributed by atoms with Crippen LogP contribution in [0.5, 0.6) is 5.75 Å². The predicted molar refractivity (Wildman–Crippen MR) is 199 cm³/mol. The van der Waals surface area contributed by atoms with E-state index in [1.807, 2.05) is 61.5 Å². The third-order valence-electron chi connectivity index (χ3n) is 10.5. The maximum atomic E-state index is 14.0. The van der Waals surface area contributed by atoms with E-state index >= 15 is 0 Å². The van der Waals surface area contributed by atoms with Gasteiger partial charge in [0.1, 0.15) is 5.75 Å². The van der Waals surface area contributed by atoms with Crippen molar-refractivity contribution in [3.8, 4) is 17.1 Å². The van der Waals surface area contributed by atoms with Gasteiger partial charge in [0.25, 0.3) is 11.5 Å². The molecule has 6 rings (SSSR count). The van der Waals surface area contributed by atoms with Crippen LogP contribution in [0, 0.1) is 0 Å². The first-order valence-corrected chi connectivity index (χ1v) is 17.7. The van der Waals surface area contributed by atoms with Crippen LogP contribution in [0.25, 0.3) is 22.3 Å². The summed E-state index contributed by atoms with van der Waals surface area (Å²) in [6.45, 7) is 17.1. The van der Waals surface area contributed by atoms with Crippen molar-refractivity contribution in [1.29, 1.82) is 0 Å². The number of ether oxygens (including phenoxy) is 1. The summed E-state index contributed by atoms with van der Waals surface area (Å²) >= 11 is 0. The summed E-state index contributed by atoms with van der Waals surface area (Å²) in [6.07, 6.45) is 5.75. The Balaban J connectivity index is 1.25. The van der Waals surface area contributed by atoms with Crippen molar-refractivity contribution in [2.45, 2.75) is 97.5 Å². The molecule has 0 radical (unpaired) electrons. The summed E-state index contributed by atoms with van der Waals surface area (Å²) in [7, 11) is 0. The molecule has 1 saturated heterocycles. The maximum Gasteiger partial charge on any atom is 0.299 e. The first-order chi connectivity index (χ1) is 23.5. The molecule has 2 aromatic heterocycles. The lowest BCUT2D eigenvalue weighted by Gasteiger charge is -2.31. The zero-order valence-corrected chi connectivity index (χ0v) is 30.0. The number of hydrogen-bond donors (Lipinski definition) is 2. The monoisotopic (exact) mass is 662 g/mol. The number of aromatic amines is 1. The second-order valence-electron chi connectivity index (χ2n) is 14.5. The Morgan fingerprint density at radius 3 is 2.31 bits per heavy atom. The molecule has 49 heavy (non-hydrogen) atoms. The molecule has 5 aromatic rings. The Hall–Kier alpha value is -4.79. The van der Waals surface area contributed by atoms with Crippen LogP contribution in [-0.2, 0) is 15.6 Å². The molecule has 1 fully saturated rings. The highest BCUT2D eigenvalue weighted by Gasteiger charge is 2.29. The van der Waals surface area contributed by atoms with Crippen LogP contribution in [0.3, 0.4) is 0 Å². The van der Waals surface area contributed by atoms with E-state index in [-0.39, 0.29) is 22.3 Å². The quantitative estimate of drug-likeness (QED) is 0.140. The molecule has 1 amide bonds. The average molecular weight is 663 g/mol. The molecule has 9 nitrogen and oxygen atoms in total. The van der Waals surface area contributed by atoms with Crippen LogP contribution >= 0.6 is 0 Å². The lowest BCUT2D eigenvalue weighted by Crippen LogP contribution is -2.33. The van der Waals surface area contributed by atoms with Crippen molar-refractivity contribution in [3.05, 3.63) is 94.4 Å². The van der Waals surface area contributed by atoms with Gasteiger partial charge in [-0.1, -0.05) is 78.8 Å². The molecule has 258 valence electrons. The fourth-order valence-corrected chi connectivity index (χ4v) is 6.47. The summed E-state index contributed by atoms with van der Waals surface area (Å²) in [5.41, 5.74) is 4.80. The van der Waals surface area contributed by atoms with Gasteiger partial charge in [0.05, 0.1) is 17.4 Å². The Bertz CT molecular complexity index is 1990. The maximum absolute atomic E-state index is 14.0. The van der Waals surface area contributed by atoms with E-state index in [1.54, 1.807) is 15.6 Å². The molecule has 9 heteroatoms. The van der Waals surface area contributed by atoms with E-state index in [4.69, 9.17) is 4.74 Å². The number of benzene rings is 3. The standard InChI is InChI=1S/C40H50N6O3/c1-8-33(49-34-22-17-28(39(4,5)9-2)25-31(34)40(6,7)10-3)37(47)42-29-18-20-30(21-19-29)45-38(48)35(36(43-45)44-23-13-14-24-44)46-32-16-12-11-15-27(32)26-41-46/h11-12,15-22,25-26,33,43H,8-10,13-14,23-24H2,1-7H3,(H,42,47). The van der Waals surface area contributed by atoms with E-state index in [0.717, 1.165) is 66.8 Å². The Kier molecular flexibility index (Phi) is 9.47. The number of carbonyl (C=O) groups is 1. The van der Waals surface area contributed by atoms with Gasteiger partial charge in [-0.25, -0.2) is 9.36 Å². The van der Waals surface area contributed by atoms with Crippen molar-refractivity contribution >= 4 is 28.3 Å². The first-order valence-electron chi connectivity index (χ1n) is 17.7. The van der Waals surface area contributed by atoms with E-state index in [0.29, 0.717) is 23.5 Å². The number of anilines is 2. The number of nitrogens with one attached hydrogen (secondary N) is 2. The second-order valence-corrected chi connectivity index (χ2v) is 14.5. The van der Waals surface area contributed by atoms with Crippen molar-refractivity contribution in [2.24, 2.45) is 0 Å². The Morgan fingerprint density at radius 1 is 0.939 bits per heavy atom. The highest BCUT2D eigenvalue weighted by molar-refractivity contribution is 5.94. The van der Waals surface area contributed by atoms with Crippen LogP contribution in [0.15, 0.2) is 77.7 Å². The third-order valence-corrected chi connectivity index (χ3v) is 10.5. The van der Waals surface area contributed by atoms with Gasteiger partial charge in [-0.05, 0) is 84.9 Å². The minimum atomic E-state index is -0.670. The van der Waals surface area contributed by atoms with Gasteiger partial charge >= 0.3 is 0 Å². The average Bonchev–Trinajstić information content (AvgIpc) is 3.86. The summed E-state index contributed by atoms with van der Waals surface area (Å²) in [5.74, 6) is 1.30. The highest BCUT2D eigenvalue weighted by Crippen LogP contribution is 2.39. The molecule has 1 atom stereocenters. The summed E-state index contributed by atoms with van der Waals surface area (Å²) < 4.78 is 9.78. The number of fused-ring (bicyclic) bond motifs is 1. The van der Waals surface area contributed by atoms with E-state index in [2.05, 4.69) is 74.1 Å². The molecule has 1 aliphatic heterocycles. The van der Waals surface area contributed by atoms with E-state index < -0.39 is 6.10 Å². The van der Waals surface area contributed by atoms with Gasteiger partial charge in [0, 0.05) is 29.7 Å². The number of rotatable bonds is 12. The van der Waals surface area contributed by atoms with Crippen molar-refractivity contribution in [1.82, 2.24) is 19.6 Å². The Labute approximate surface area is 289 Å². The van der Waals surface area contributed by atoms with Gasteiger partial charge < -0.3 is 15.0 Å². The molecule has 1 aliphatic rings. The lowest BCUT2D eigenvalue weighted by molar-refractivity contribution is -0.122. The number of aromatic nitrogens is 4. The lowest BCUT2D eigenvalue weighted by atomic mass is 9.76. The number of nitrogens with zero attached hydrogens (tertiary/aromatic N) is 4. The van der Waals surface area contributed by atoms with Gasteiger partial charge in [-0.2, -0.15) is 5.10 Å². The molecule has 0 saturated carbocycles. The largest absolute Gasteiger partial charge is 0.480 e. The minimum absolute atomic E-state index is 0.0426. The van der Waals surface area contributed by atoms with Crippen LogP contribution in [0.1, 0.15) is 91.7 Å². The number of para-hydroxylation sites is 1. The van der Waals surface area contributed by atoms with Crippen LogP contribution in [0.4, 0.5) is 11.5 Å². The zero-order valence-electron chi connectivity index (χ0n) is 30.0. The fourth-order valence-electron chi connectivity index (χ4n) is 6.47. The molecular weight excluding hydrogens is 612 g/mol. The highest BCUT2D eigenvalue weighted by atomic mass is 16.5. The van der Waals surface area contributed by atoms with Crippen molar-refractivity contribution < 1.29 is 9.53 Å². The molecule has 3 aromatic carbocycles. The molecule has 1 unspecified atom stereocenters. The number of H-pyrrole nitrogens is 1. The van der Waals surface area contributed by atoms with Gasteiger partial charge in [0.2, 0.25) is 0 Å². The number of amides is 1. The molecular formula is C40H50N6O3. The Morgan fingerprint density at radius 2 is 1.63 bits per heavy atom. The number of hydrogen-bond acceptors (Lipinski definition) is 5. The first kappa shape index (κ1) is 34.1. The molecule has 2 N–H and O–H groups in total. The predicted octanol–water partition coefficient (Wildman–Crippen LogP) is 8.28. The van der Waals surface area contributed by atoms with Crippen LogP contribution < -0.4 is 20.5 Å². The minimum Gasteiger partial charge on any atom is -0.480 e. The van der Waals surface area contributed by atoms with Gasteiger partial charge in [-0.15, -0.1) is 0 Å². The van der Waals surface area contributed by atoms with Crippen LogP contribution in [0.2, 0.25) is 0 Å². The van der Waals surface area contributed by atoms with E-state index in [1.165, 1.54) is 5.56 Å². The van der Waals surface area contributed by atoms with Crippen molar-refractivity contribution in [3.63, 3.8) is 0 Å². The molecule has 0 spiro atoms.